The van der Waals surface area contributed by atoms with E-state index in [0.29, 0.717) is 5.69 Å². The first-order valence-electron chi connectivity index (χ1n) is 6.15. The zero-order valence-corrected chi connectivity index (χ0v) is 12.2. The minimum Gasteiger partial charge on any atom is -0.292 e. The van der Waals surface area contributed by atoms with Gasteiger partial charge >= 0.3 is 0 Å². The van der Waals surface area contributed by atoms with E-state index in [0.717, 1.165) is 23.7 Å². The van der Waals surface area contributed by atoms with Crippen LogP contribution in [0.5, 0.6) is 0 Å². The Kier molecular flexibility index (Phi) is 3.43. The van der Waals surface area contributed by atoms with E-state index < -0.39 is 0 Å². The standard InChI is InChI=1S/C13H19BrN2O/c1-13(2)7-5-4-6-9(13)12(17)11-10(14)8-15-16(11)3/h8-9H,4-7H2,1-3H3. The number of carbonyl (C=O) groups is 1. The van der Waals surface area contributed by atoms with E-state index in [1.54, 1.807) is 10.9 Å². The van der Waals surface area contributed by atoms with Crippen molar-refractivity contribution in [1.29, 1.82) is 0 Å². The Morgan fingerprint density at radius 3 is 2.76 bits per heavy atom. The summed E-state index contributed by atoms with van der Waals surface area (Å²) in [5, 5.41) is 4.13. The molecule has 2 rings (SSSR count). The molecule has 94 valence electrons. The van der Waals surface area contributed by atoms with Crippen LogP contribution in [-0.2, 0) is 7.05 Å². The molecule has 0 bridgehead atoms. The van der Waals surface area contributed by atoms with E-state index in [1.165, 1.54) is 6.42 Å². The molecular formula is C13H19BrN2O. The van der Waals surface area contributed by atoms with Crippen LogP contribution in [0.3, 0.4) is 0 Å². The SMILES string of the molecule is Cn1ncc(Br)c1C(=O)C1CCCCC1(C)C. The highest BCUT2D eigenvalue weighted by molar-refractivity contribution is 9.10. The lowest BCUT2D eigenvalue weighted by Crippen LogP contribution is -2.35. The molecule has 4 heteroatoms. The second-order valence-corrected chi connectivity index (χ2v) is 6.47. The summed E-state index contributed by atoms with van der Waals surface area (Å²) in [5.41, 5.74) is 0.823. The number of nitrogens with zero attached hydrogens (tertiary/aromatic N) is 2. The maximum Gasteiger partial charge on any atom is 0.185 e. The zero-order valence-electron chi connectivity index (χ0n) is 10.7. The van der Waals surface area contributed by atoms with Gasteiger partial charge in [0.25, 0.3) is 0 Å². The lowest BCUT2D eigenvalue weighted by molar-refractivity contribution is 0.0686. The Labute approximate surface area is 111 Å². The minimum absolute atomic E-state index is 0.110. The number of aryl methyl sites for hydroxylation is 1. The highest BCUT2D eigenvalue weighted by Gasteiger charge is 2.38. The van der Waals surface area contributed by atoms with Gasteiger partial charge in [0.1, 0.15) is 5.69 Å². The van der Waals surface area contributed by atoms with Gasteiger partial charge in [0, 0.05) is 13.0 Å². The first-order valence-corrected chi connectivity index (χ1v) is 6.94. The monoisotopic (exact) mass is 298 g/mol. The fourth-order valence-electron chi connectivity index (χ4n) is 2.83. The minimum atomic E-state index is 0.110. The summed E-state index contributed by atoms with van der Waals surface area (Å²) in [6.45, 7) is 4.41. The molecule has 0 radical (unpaired) electrons. The first-order chi connectivity index (χ1) is 7.93. The van der Waals surface area contributed by atoms with Gasteiger partial charge in [-0.2, -0.15) is 5.10 Å². The molecule has 1 aromatic rings. The van der Waals surface area contributed by atoms with Gasteiger partial charge < -0.3 is 0 Å². The summed E-state index contributed by atoms with van der Waals surface area (Å²) in [6, 6.07) is 0. The second kappa shape index (κ2) is 4.56. The molecule has 3 nitrogen and oxygen atoms in total. The Morgan fingerprint density at radius 1 is 1.53 bits per heavy atom. The lowest BCUT2D eigenvalue weighted by atomic mass is 9.67. The summed E-state index contributed by atoms with van der Waals surface area (Å²) >= 11 is 3.42. The number of ketones is 1. The molecule has 1 atom stereocenters. The normalized spacial score (nSPS) is 23.6. The van der Waals surface area contributed by atoms with Crippen LogP contribution in [0, 0.1) is 11.3 Å². The molecule has 0 aromatic carbocycles. The number of halogens is 1. The summed E-state index contributed by atoms with van der Waals surface area (Å²) in [4.78, 5) is 12.6. The molecule has 1 saturated carbocycles. The Bertz CT molecular complexity index is 417. The number of aromatic nitrogens is 2. The zero-order chi connectivity index (χ0) is 12.6. The largest absolute Gasteiger partial charge is 0.292 e. The van der Waals surface area contributed by atoms with Crippen molar-refractivity contribution >= 4 is 21.7 Å². The first kappa shape index (κ1) is 12.8. The maximum absolute atomic E-state index is 12.6. The van der Waals surface area contributed by atoms with E-state index in [1.807, 2.05) is 7.05 Å². The van der Waals surface area contributed by atoms with Crippen molar-refractivity contribution in [3.8, 4) is 0 Å². The van der Waals surface area contributed by atoms with Crippen molar-refractivity contribution in [2.24, 2.45) is 18.4 Å². The van der Waals surface area contributed by atoms with E-state index >= 15 is 0 Å². The Morgan fingerprint density at radius 2 is 2.24 bits per heavy atom. The molecule has 1 aliphatic carbocycles. The van der Waals surface area contributed by atoms with Gasteiger partial charge in [-0.3, -0.25) is 9.48 Å². The highest BCUT2D eigenvalue weighted by atomic mass is 79.9. The van der Waals surface area contributed by atoms with Crippen LogP contribution in [0.15, 0.2) is 10.7 Å². The smallest absolute Gasteiger partial charge is 0.185 e. The number of carbonyl (C=O) groups excluding carboxylic acids is 1. The van der Waals surface area contributed by atoms with Crippen molar-refractivity contribution in [3.05, 3.63) is 16.4 Å². The van der Waals surface area contributed by atoms with Gasteiger partial charge in [-0.25, -0.2) is 0 Å². The van der Waals surface area contributed by atoms with Crippen molar-refractivity contribution in [1.82, 2.24) is 9.78 Å². The summed E-state index contributed by atoms with van der Waals surface area (Å²) < 4.78 is 2.49. The number of hydrogen-bond donors (Lipinski definition) is 0. The lowest BCUT2D eigenvalue weighted by Gasteiger charge is -2.37. The molecule has 0 aliphatic heterocycles. The van der Waals surface area contributed by atoms with Crippen LogP contribution in [0.2, 0.25) is 0 Å². The summed E-state index contributed by atoms with van der Waals surface area (Å²) in [7, 11) is 1.83. The van der Waals surface area contributed by atoms with E-state index in [-0.39, 0.29) is 17.1 Å². The fraction of sp³-hybridized carbons (Fsp3) is 0.692. The molecule has 1 heterocycles. The van der Waals surface area contributed by atoms with Crippen molar-refractivity contribution in [2.75, 3.05) is 0 Å². The summed E-state index contributed by atoms with van der Waals surface area (Å²) in [6.07, 6.45) is 6.24. The predicted molar refractivity (Wildman–Crippen MR) is 71.0 cm³/mol. The van der Waals surface area contributed by atoms with Gasteiger partial charge in [-0.1, -0.05) is 26.7 Å². The third-order valence-electron chi connectivity index (χ3n) is 3.95. The topological polar surface area (TPSA) is 34.9 Å². The molecule has 1 aromatic heterocycles. The Balaban J connectivity index is 2.31. The highest BCUT2D eigenvalue weighted by Crippen LogP contribution is 2.42. The molecule has 0 spiro atoms. The molecule has 1 aliphatic rings. The molecule has 0 amide bonds. The number of Topliss-reactive ketones (excluding diaryl/α,β-unsaturated/α-hetero) is 1. The fourth-order valence-corrected chi connectivity index (χ4v) is 3.38. The second-order valence-electron chi connectivity index (χ2n) is 5.62. The predicted octanol–water partition coefficient (Wildman–Crippen LogP) is 3.58. The third kappa shape index (κ3) is 2.32. The molecular weight excluding hydrogens is 280 g/mol. The van der Waals surface area contributed by atoms with Crippen molar-refractivity contribution in [2.45, 2.75) is 39.5 Å². The van der Waals surface area contributed by atoms with Crippen LogP contribution in [0.4, 0.5) is 0 Å². The van der Waals surface area contributed by atoms with Crippen molar-refractivity contribution in [3.63, 3.8) is 0 Å². The van der Waals surface area contributed by atoms with E-state index in [9.17, 15) is 4.79 Å². The quantitative estimate of drug-likeness (QED) is 0.782. The van der Waals surface area contributed by atoms with Gasteiger partial charge in [0.2, 0.25) is 0 Å². The third-order valence-corrected chi connectivity index (χ3v) is 4.53. The average Bonchev–Trinajstić information content (AvgIpc) is 2.57. The van der Waals surface area contributed by atoms with Crippen LogP contribution >= 0.6 is 15.9 Å². The molecule has 1 unspecified atom stereocenters. The van der Waals surface area contributed by atoms with Crippen LogP contribution in [-0.4, -0.2) is 15.6 Å². The molecule has 0 saturated heterocycles. The van der Waals surface area contributed by atoms with Crippen LogP contribution in [0.25, 0.3) is 0 Å². The Hall–Kier alpha value is -0.640. The van der Waals surface area contributed by atoms with Gasteiger partial charge in [0.05, 0.1) is 10.7 Å². The van der Waals surface area contributed by atoms with Crippen LogP contribution in [0.1, 0.15) is 50.0 Å². The van der Waals surface area contributed by atoms with E-state index in [2.05, 4.69) is 34.9 Å². The van der Waals surface area contributed by atoms with Gasteiger partial charge in [-0.05, 0) is 34.2 Å². The van der Waals surface area contributed by atoms with Gasteiger partial charge in [-0.15, -0.1) is 0 Å². The van der Waals surface area contributed by atoms with Crippen LogP contribution < -0.4 is 0 Å². The number of rotatable bonds is 2. The molecule has 1 fully saturated rings. The summed E-state index contributed by atoms with van der Waals surface area (Å²) in [5.74, 6) is 0.365. The molecule has 17 heavy (non-hydrogen) atoms. The van der Waals surface area contributed by atoms with E-state index in [4.69, 9.17) is 0 Å². The average molecular weight is 299 g/mol. The van der Waals surface area contributed by atoms with Gasteiger partial charge in [0.15, 0.2) is 5.78 Å². The van der Waals surface area contributed by atoms with Crippen molar-refractivity contribution < 1.29 is 4.79 Å². The molecule has 0 N–H and O–H groups in total. The maximum atomic E-state index is 12.6. The number of hydrogen-bond acceptors (Lipinski definition) is 2.